The molecule has 3 atom stereocenters. The molecule has 6 aromatic rings. The van der Waals surface area contributed by atoms with Gasteiger partial charge in [-0.15, -0.1) is 22.7 Å². The molecule has 1 fully saturated rings. The van der Waals surface area contributed by atoms with Crippen molar-refractivity contribution in [3.63, 3.8) is 0 Å². The first-order valence-electron chi connectivity index (χ1n) is 21.2. The van der Waals surface area contributed by atoms with Crippen molar-refractivity contribution in [3.05, 3.63) is 119 Å². The Morgan fingerprint density at radius 3 is 2.18 bits per heavy atom. The van der Waals surface area contributed by atoms with Crippen LogP contribution in [0.5, 0.6) is 17.2 Å². The number of nitrogens with zero attached hydrogens (tertiary/aromatic N) is 2. The van der Waals surface area contributed by atoms with Crippen LogP contribution in [0.3, 0.4) is 0 Å². The molecule has 1 saturated heterocycles. The fraction of sp³-hybridized carbons (Fsp3) is 0.327. The molecule has 1 aliphatic rings. The van der Waals surface area contributed by atoms with Gasteiger partial charge in [0.1, 0.15) is 36.5 Å². The number of aromatic nitrogens is 1. The van der Waals surface area contributed by atoms with E-state index in [0.717, 1.165) is 42.2 Å². The fourth-order valence-corrected chi connectivity index (χ4v) is 9.51. The number of imide groups is 1. The lowest BCUT2D eigenvalue weighted by Gasteiger charge is -2.35. The highest BCUT2D eigenvalue weighted by Gasteiger charge is 2.41. The van der Waals surface area contributed by atoms with E-state index in [-0.39, 0.29) is 69.8 Å². The molecular formula is C49H52N4O10S2. The zero-order chi connectivity index (χ0) is 46.3. The van der Waals surface area contributed by atoms with Gasteiger partial charge in [0.05, 0.1) is 54.6 Å². The molecule has 0 saturated carbocycles. The van der Waals surface area contributed by atoms with E-state index in [9.17, 15) is 34.5 Å². The standard InChI is InChI=1S/C49H52N4O10S2/c1-29-44(64-28-51-29)32-7-5-30(6-8-32)26-53(47(59)39-23-36(56)25-50-39)48(60)46(49(2,3)4)52-41(57)27-62-20-19-61-21-22-63-37-16-11-31(12-17-37)43(58)42-38-18-15-35(55)24-40(38)65-45(42)33-9-13-34(54)14-10-33/h5-18,24,28,36,39,46,50,54-56H,19-23,25-27H2,1-4H3,(H,52,57)/t36-,39+,46-/m1/s1. The Bertz CT molecular complexity index is 2620. The topological polar surface area (TPSA) is 197 Å². The summed E-state index contributed by atoms with van der Waals surface area (Å²) in [5.74, 6) is -1.00. The van der Waals surface area contributed by atoms with Crippen LogP contribution >= 0.6 is 22.7 Å². The fourth-order valence-electron chi connectivity index (χ4n) is 7.46. The van der Waals surface area contributed by atoms with Crippen LogP contribution in [-0.4, -0.2) is 106 Å². The first-order valence-corrected chi connectivity index (χ1v) is 22.9. The van der Waals surface area contributed by atoms with Gasteiger partial charge in [-0.2, -0.15) is 0 Å². The van der Waals surface area contributed by atoms with E-state index < -0.39 is 41.3 Å². The Morgan fingerprint density at radius 1 is 0.862 bits per heavy atom. The smallest absolute Gasteiger partial charge is 0.252 e. The van der Waals surface area contributed by atoms with Crippen LogP contribution in [0.25, 0.3) is 31.0 Å². The average Bonchev–Trinajstić information content (AvgIpc) is 4.03. The summed E-state index contributed by atoms with van der Waals surface area (Å²) in [5.41, 5.74) is 5.37. The molecule has 0 spiro atoms. The van der Waals surface area contributed by atoms with Gasteiger partial charge in [-0.3, -0.25) is 24.1 Å². The Labute approximate surface area is 384 Å². The second-order valence-electron chi connectivity index (χ2n) is 16.8. The molecule has 4 aromatic carbocycles. The number of ether oxygens (including phenoxy) is 3. The van der Waals surface area contributed by atoms with Crippen molar-refractivity contribution < 1.29 is 48.7 Å². The Morgan fingerprint density at radius 2 is 1.52 bits per heavy atom. The number of benzene rings is 4. The molecule has 0 radical (unpaired) electrons. The first-order chi connectivity index (χ1) is 31.2. The molecule has 1 aliphatic heterocycles. The van der Waals surface area contributed by atoms with Crippen LogP contribution < -0.4 is 15.4 Å². The minimum Gasteiger partial charge on any atom is -0.508 e. The van der Waals surface area contributed by atoms with Gasteiger partial charge in [-0.05, 0) is 102 Å². The summed E-state index contributed by atoms with van der Waals surface area (Å²) in [6, 6.07) is 24.1. The number of aryl methyl sites for hydroxylation is 1. The molecule has 0 bridgehead atoms. The van der Waals surface area contributed by atoms with E-state index in [1.165, 1.54) is 27.6 Å². The zero-order valence-electron chi connectivity index (χ0n) is 36.5. The molecule has 5 N–H and O–H groups in total. The van der Waals surface area contributed by atoms with Gasteiger partial charge in [0.2, 0.25) is 11.8 Å². The molecule has 2 aromatic heterocycles. The summed E-state index contributed by atoms with van der Waals surface area (Å²) in [5, 5.41) is 36.6. The number of ketones is 1. The Balaban J connectivity index is 0.878. The predicted molar refractivity (Wildman–Crippen MR) is 249 cm³/mol. The van der Waals surface area contributed by atoms with Crippen molar-refractivity contribution >= 4 is 56.3 Å². The number of carbonyl (C=O) groups excluding carboxylic acids is 4. The van der Waals surface area contributed by atoms with Crippen molar-refractivity contribution in [3.8, 4) is 38.1 Å². The van der Waals surface area contributed by atoms with Gasteiger partial charge < -0.3 is 40.2 Å². The van der Waals surface area contributed by atoms with Gasteiger partial charge in [0.25, 0.3) is 5.91 Å². The molecule has 340 valence electrons. The maximum atomic E-state index is 14.3. The van der Waals surface area contributed by atoms with Crippen molar-refractivity contribution in [1.82, 2.24) is 20.5 Å². The van der Waals surface area contributed by atoms with Crippen LogP contribution in [0.1, 0.15) is 54.4 Å². The third-order valence-electron chi connectivity index (χ3n) is 10.9. The number of rotatable bonds is 18. The van der Waals surface area contributed by atoms with Gasteiger partial charge in [0.15, 0.2) is 5.78 Å². The number of aliphatic hydroxyl groups excluding tert-OH is 1. The van der Waals surface area contributed by atoms with Crippen molar-refractivity contribution in [1.29, 1.82) is 0 Å². The highest BCUT2D eigenvalue weighted by atomic mass is 32.1. The van der Waals surface area contributed by atoms with Crippen LogP contribution in [0, 0.1) is 12.3 Å². The van der Waals surface area contributed by atoms with E-state index in [1.54, 1.807) is 72.2 Å². The summed E-state index contributed by atoms with van der Waals surface area (Å²) in [6.45, 7) is 7.95. The molecule has 0 aliphatic carbocycles. The third kappa shape index (κ3) is 11.6. The molecule has 3 amide bonds. The molecule has 16 heteroatoms. The lowest BCUT2D eigenvalue weighted by atomic mass is 9.85. The Hall–Kier alpha value is -6.01. The molecule has 0 unspecified atom stereocenters. The number of amides is 3. The number of nitrogens with one attached hydrogen (secondary N) is 2. The van der Waals surface area contributed by atoms with Crippen LogP contribution in [0.4, 0.5) is 0 Å². The maximum absolute atomic E-state index is 14.3. The zero-order valence-corrected chi connectivity index (χ0v) is 38.2. The van der Waals surface area contributed by atoms with Crippen LogP contribution in [0.2, 0.25) is 0 Å². The second-order valence-corrected chi connectivity index (χ2v) is 18.8. The number of thiazole rings is 1. The molecule has 3 heterocycles. The summed E-state index contributed by atoms with van der Waals surface area (Å²) in [4.78, 5) is 62.5. The highest BCUT2D eigenvalue weighted by molar-refractivity contribution is 7.22. The predicted octanol–water partition coefficient (Wildman–Crippen LogP) is 6.86. The number of hydrogen-bond acceptors (Lipinski definition) is 14. The summed E-state index contributed by atoms with van der Waals surface area (Å²) in [6.07, 6.45) is -0.540. The minimum absolute atomic E-state index is 0.0246. The number of carbonyl (C=O) groups is 4. The van der Waals surface area contributed by atoms with E-state index in [2.05, 4.69) is 15.6 Å². The summed E-state index contributed by atoms with van der Waals surface area (Å²) in [7, 11) is 0. The number of β-amino-alcohol motifs (C(OH)–C–C–N with tert-alkyl or cyclic N) is 1. The number of phenolic OH excluding ortho intramolecular Hbond substituents is 2. The second kappa shape index (κ2) is 20.9. The monoisotopic (exact) mass is 920 g/mol. The molecular weight excluding hydrogens is 869 g/mol. The highest BCUT2D eigenvalue weighted by Crippen LogP contribution is 2.41. The number of aliphatic hydroxyl groups is 1. The maximum Gasteiger partial charge on any atom is 0.252 e. The van der Waals surface area contributed by atoms with Crippen molar-refractivity contribution in [2.75, 3.05) is 39.6 Å². The molecule has 14 nitrogen and oxygen atoms in total. The average molecular weight is 921 g/mol. The Kier molecular flexibility index (Phi) is 15.1. The summed E-state index contributed by atoms with van der Waals surface area (Å²) >= 11 is 2.92. The van der Waals surface area contributed by atoms with E-state index >= 15 is 0 Å². The number of aromatic hydroxyl groups is 2. The number of fused-ring (bicyclic) bond motifs is 1. The quantitative estimate of drug-likeness (QED) is 0.0444. The molecule has 7 rings (SSSR count). The van der Waals surface area contributed by atoms with Crippen molar-refractivity contribution in [2.24, 2.45) is 5.41 Å². The third-order valence-corrected chi connectivity index (χ3v) is 13.1. The SMILES string of the molecule is Cc1ncsc1-c1ccc(CN(C(=O)[C@@H]2C[C@@H](O)CN2)C(=O)[C@@H](NC(=O)COCCOCCOc2ccc(C(=O)c3c(-c4ccc(O)cc4)sc4cc(O)ccc34)cc2)C(C)(C)C)cc1. The van der Waals surface area contributed by atoms with Gasteiger partial charge in [-0.25, -0.2) is 4.98 Å². The minimum atomic E-state index is -1.07. The van der Waals surface area contributed by atoms with Gasteiger partial charge >= 0.3 is 0 Å². The largest absolute Gasteiger partial charge is 0.508 e. The number of thiophene rings is 1. The van der Waals surface area contributed by atoms with E-state index in [4.69, 9.17) is 14.2 Å². The van der Waals surface area contributed by atoms with E-state index in [1.807, 2.05) is 52.0 Å². The lowest BCUT2D eigenvalue weighted by molar-refractivity contribution is -0.151. The molecule has 65 heavy (non-hydrogen) atoms. The first kappa shape index (κ1) is 47.0. The van der Waals surface area contributed by atoms with Gasteiger partial charge in [0, 0.05) is 32.6 Å². The van der Waals surface area contributed by atoms with Crippen molar-refractivity contribution in [2.45, 2.75) is 58.8 Å². The number of phenols is 2. The lowest BCUT2D eigenvalue weighted by Crippen LogP contribution is -2.58. The normalized spacial score (nSPS) is 15.5. The van der Waals surface area contributed by atoms with Crippen LogP contribution in [0.15, 0.2) is 96.5 Å². The van der Waals surface area contributed by atoms with Crippen LogP contribution in [-0.2, 0) is 30.4 Å². The van der Waals surface area contributed by atoms with E-state index in [0.29, 0.717) is 16.9 Å². The van der Waals surface area contributed by atoms with Gasteiger partial charge in [-0.1, -0.05) is 45.0 Å². The summed E-state index contributed by atoms with van der Waals surface area (Å²) < 4.78 is 17.8. The number of hydrogen-bond donors (Lipinski definition) is 5.